The van der Waals surface area contributed by atoms with Crippen LogP contribution < -0.4 is 15.0 Å². The average molecular weight is 303 g/mol. The number of amides is 2. The van der Waals surface area contributed by atoms with Crippen molar-refractivity contribution in [1.29, 1.82) is 0 Å². The molecule has 1 N–H and O–H groups in total. The number of hydrogen-bond donors (Lipinski definition) is 1. The third-order valence-corrected chi connectivity index (χ3v) is 4.26. The van der Waals surface area contributed by atoms with Crippen molar-refractivity contribution in [3.8, 4) is 5.75 Å². The van der Waals surface area contributed by atoms with Crippen molar-refractivity contribution >= 4 is 17.7 Å². The molecule has 3 rings (SSSR count). The van der Waals surface area contributed by atoms with Crippen LogP contribution in [-0.4, -0.2) is 49.6 Å². The third-order valence-electron chi connectivity index (χ3n) is 4.26. The highest BCUT2D eigenvalue weighted by Crippen LogP contribution is 2.33. The fourth-order valence-corrected chi connectivity index (χ4v) is 3.23. The topological polar surface area (TPSA) is 61.9 Å². The van der Waals surface area contributed by atoms with Crippen molar-refractivity contribution in [2.75, 3.05) is 31.6 Å². The van der Waals surface area contributed by atoms with Crippen LogP contribution in [0.25, 0.3) is 0 Å². The molecule has 6 heteroatoms. The van der Waals surface area contributed by atoms with Gasteiger partial charge in [-0.25, -0.2) is 4.79 Å². The summed E-state index contributed by atoms with van der Waals surface area (Å²) >= 11 is 0. The Morgan fingerprint density at radius 1 is 1.45 bits per heavy atom. The number of rotatable bonds is 2. The first-order valence-corrected chi connectivity index (χ1v) is 7.72. The van der Waals surface area contributed by atoms with Crippen LogP contribution in [-0.2, 0) is 0 Å². The fourth-order valence-electron chi connectivity index (χ4n) is 3.23. The van der Waals surface area contributed by atoms with Gasteiger partial charge in [0.15, 0.2) is 0 Å². The maximum absolute atomic E-state index is 12.8. The van der Waals surface area contributed by atoms with E-state index in [4.69, 9.17) is 4.74 Å². The second-order valence-electron chi connectivity index (χ2n) is 5.77. The number of benzene rings is 1. The summed E-state index contributed by atoms with van der Waals surface area (Å²) in [6.07, 6.45) is 1.59. The van der Waals surface area contributed by atoms with Crippen LogP contribution in [0.4, 0.5) is 10.5 Å². The number of ether oxygens (including phenoxy) is 1. The Balaban J connectivity index is 1.91. The fraction of sp³-hybridized carbons (Fsp3) is 0.500. The van der Waals surface area contributed by atoms with E-state index in [0.29, 0.717) is 17.9 Å². The highest BCUT2D eigenvalue weighted by Gasteiger charge is 2.35. The quantitative estimate of drug-likeness (QED) is 0.906. The predicted octanol–water partition coefficient (Wildman–Crippen LogP) is 1.85. The minimum absolute atomic E-state index is 0.0307. The molecule has 22 heavy (non-hydrogen) atoms. The first kappa shape index (κ1) is 14.7. The Bertz CT molecular complexity index is 602. The van der Waals surface area contributed by atoms with Gasteiger partial charge in [0.25, 0.3) is 5.91 Å². The van der Waals surface area contributed by atoms with Gasteiger partial charge < -0.3 is 19.9 Å². The van der Waals surface area contributed by atoms with Crippen LogP contribution >= 0.6 is 0 Å². The van der Waals surface area contributed by atoms with Crippen LogP contribution in [0.1, 0.15) is 30.1 Å². The molecule has 1 fully saturated rings. The molecule has 0 aliphatic carbocycles. The molecule has 1 unspecified atom stereocenters. The zero-order chi connectivity index (χ0) is 15.7. The van der Waals surface area contributed by atoms with Crippen molar-refractivity contribution in [1.82, 2.24) is 10.2 Å². The van der Waals surface area contributed by atoms with Crippen molar-refractivity contribution < 1.29 is 14.3 Å². The van der Waals surface area contributed by atoms with Gasteiger partial charge in [0, 0.05) is 38.4 Å². The highest BCUT2D eigenvalue weighted by atomic mass is 16.6. The van der Waals surface area contributed by atoms with Gasteiger partial charge in [-0.2, -0.15) is 0 Å². The number of nitrogens with zero attached hydrogens (tertiary/aromatic N) is 2. The van der Waals surface area contributed by atoms with Gasteiger partial charge in [-0.3, -0.25) is 4.79 Å². The molecular formula is C16H21N3O3. The monoisotopic (exact) mass is 303 g/mol. The standard InChI is InChI=1S/C16H21N3O3/c1-3-17-16(21)22-12-6-7-14-13(9-12)15(20)19-8-4-5-11(19)10-18(14)2/h6-7,9,11H,3-5,8,10H2,1-2H3,(H,17,21). The van der Waals surface area contributed by atoms with Crippen LogP contribution in [0.15, 0.2) is 18.2 Å². The normalized spacial score (nSPS) is 20.3. The number of likely N-dealkylation sites (N-methyl/N-ethyl adjacent to an activating group) is 1. The van der Waals surface area contributed by atoms with Gasteiger partial charge in [-0.1, -0.05) is 0 Å². The van der Waals surface area contributed by atoms with E-state index in [9.17, 15) is 9.59 Å². The maximum Gasteiger partial charge on any atom is 0.412 e. The Hall–Kier alpha value is -2.24. The van der Waals surface area contributed by atoms with Crippen LogP contribution in [0.2, 0.25) is 0 Å². The van der Waals surface area contributed by atoms with E-state index in [1.165, 1.54) is 0 Å². The molecule has 2 aliphatic heterocycles. The Morgan fingerprint density at radius 2 is 2.27 bits per heavy atom. The van der Waals surface area contributed by atoms with E-state index >= 15 is 0 Å². The van der Waals surface area contributed by atoms with E-state index < -0.39 is 6.09 Å². The summed E-state index contributed by atoms with van der Waals surface area (Å²) in [4.78, 5) is 28.4. The largest absolute Gasteiger partial charge is 0.412 e. The maximum atomic E-state index is 12.8. The van der Waals surface area contributed by atoms with Crippen LogP contribution in [0.3, 0.4) is 0 Å². The Kier molecular flexibility index (Phi) is 3.92. The van der Waals surface area contributed by atoms with Gasteiger partial charge >= 0.3 is 6.09 Å². The third kappa shape index (κ3) is 2.61. The Morgan fingerprint density at radius 3 is 3.05 bits per heavy atom. The molecule has 1 aromatic carbocycles. The molecule has 118 valence electrons. The number of carbonyl (C=O) groups is 2. The van der Waals surface area contributed by atoms with E-state index in [1.54, 1.807) is 12.1 Å². The van der Waals surface area contributed by atoms with Gasteiger partial charge in [0.2, 0.25) is 0 Å². The summed E-state index contributed by atoms with van der Waals surface area (Å²) in [7, 11) is 2.00. The van der Waals surface area contributed by atoms with Gasteiger partial charge in [0.05, 0.1) is 5.56 Å². The molecule has 0 bridgehead atoms. The molecule has 0 spiro atoms. The summed E-state index contributed by atoms with van der Waals surface area (Å²) in [6, 6.07) is 5.53. The minimum Gasteiger partial charge on any atom is -0.410 e. The molecule has 2 heterocycles. The first-order chi connectivity index (χ1) is 10.6. The molecule has 6 nitrogen and oxygen atoms in total. The van der Waals surface area contributed by atoms with Crippen molar-refractivity contribution in [3.63, 3.8) is 0 Å². The molecule has 0 aromatic heterocycles. The molecule has 0 saturated carbocycles. The summed E-state index contributed by atoms with van der Waals surface area (Å²) in [5.74, 6) is 0.423. The molecule has 1 atom stereocenters. The van der Waals surface area contributed by atoms with Crippen LogP contribution in [0.5, 0.6) is 5.75 Å². The lowest BCUT2D eigenvalue weighted by Crippen LogP contribution is -2.38. The molecule has 2 amide bonds. The number of hydrogen-bond acceptors (Lipinski definition) is 4. The van der Waals surface area contributed by atoms with Gasteiger partial charge in [-0.05, 0) is 38.0 Å². The van der Waals surface area contributed by atoms with Crippen molar-refractivity contribution in [2.24, 2.45) is 0 Å². The number of nitrogens with one attached hydrogen (secondary N) is 1. The van der Waals surface area contributed by atoms with Crippen molar-refractivity contribution in [3.05, 3.63) is 23.8 Å². The zero-order valence-electron chi connectivity index (χ0n) is 13.0. The summed E-state index contributed by atoms with van der Waals surface area (Å²) < 4.78 is 5.22. The van der Waals surface area contributed by atoms with Gasteiger partial charge in [0.1, 0.15) is 5.75 Å². The smallest absolute Gasteiger partial charge is 0.410 e. The lowest BCUT2D eigenvalue weighted by atomic mass is 10.1. The highest BCUT2D eigenvalue weighted by molar-refractivity contribution is 6.01. The van der Waals surface area contributed by atoms with E-state index in [1.807, 2.05) is 24.9 Å². The molecular weight excluding hydrogens is 282 g/mol. The minimum atomic E-state index is -0.504. The van der Waals surface area contributed by atoms with Gasteiger partial charge in [-0.15, -0.1) is 0 Å². The first-order valence-electron chi connectivity index (χ1n) is 7.72. The average Bonchev–Trinajstić information content (AvgIpc) is 2.91. The second kappa shape index (κ2) is 5.87. The van der Waals surface area contributed by atoms with E-state index in [2.05, 4.69) is 10.2 Å². The lowest BCUT2D eigenvalue weighted by molar-refractivity contribution is 0.0748. The number of anilines is 1. The summed E-state index contributed by atoms with van der Waals surface area (Å²) in [6.45, 7) is 3.97. The second-order valence-corrected chi connectivity index (χ2v) is 5.77. The van der Waals surface area contributed by atoms with E-state index in [-0.39, 0.29) is 11.9 Å². The lowest BCUT2D eigenvalue weighted by Gasteiger charge is -2.24. The predicted molar refractivity (Wildman–Crippen MR) is 83.5 cm³/mol. The van der Waals surface area contributed by atoms with Crippen LogP contribution in [0, 0.1) is 0 Å². The summed E-state index contributed by atoms with van der Waals surface area (Å²) in [5, 5.41) is 2.58. The number of fused-ring (bicyclic) bond motifs is 2. The molecule has 1 saturated heterocycles. The molecule has 1 aromatic rings. The molecule has 0 radical (unpaired) electrons. The van der Waals surface area contributed by atoms with E-state index in [0.717, 1.165) is 31.6 Å². The molecule has 2 aliphatic rings. The van der Waals surface area contributed by atoms with Crippen molar-refractivity contribution in [2.45, 2.75) is 25.8 Å². The number of carbonyl (C=O) groups excluding carboxylic acids is 2. The summed E-state index contributed by atoms with van der Waals surface area (Å²) in [5.41, 5.74) is 1.50. The Labute approximate surface area is 130 Å². The zero-order valence-corrected chi connectivity index (χ0v) is 13.0. The SMILES string of the molecule is CCNC(=O)Oc1ccc2c(c1)C(=O)N1CCCC1CN2C.